The highest BCUT2D eigenvalue weighted by atomic mass is 16.3. The van der Waals surface area contributed by atoms with E-state index < -0.39 is 0 Å². The van der Waals surface area contributed by atoms with Crippen LogP contribution in [-0.4, -0.2) is 35.1 Å². The SMILES string of the molecule is NC(=O)[C@@H]1Cc2ccccc2CN1CCCO. The highest BCUT2D eigenvalue weighted by Crippen LogP contribution is 2.23. The molecular formula is C13H18N2O2. The van der Waals surface area contributed by atoms with Gasteiger partial charge in [-0.3, -0.25) is 9.69 Å². The van der Waals surface area contributed by atoms with Gasteiger partial charge in [0.15, 0.2) is 0 Å². The molecule has 2 rings (SSSR count). The molecule has 0 spiro atoms. The van der Waals surface area contributed by atoms with Crippen LogP contribution in [-0.2, 0) is 17.8 Å². The van der Waals surface area contributed by atoms with Crippen molar-refractivity contribution in [1.29, 1.82) is 0 Å². The van der Waals surface area contributed by atoms with E-state index in [1.54, 1.807) is 0 Å². The Morgan fingerprint density at radius 1 is 1.41 bits per heavy atom. The number of nitrogens with two attached hydrogens (primary N) is 1. The van der Waals surface area contributed by atoms with Crippen molar-refractivity contribution in [2.75, 3.05) is 13.2 Å². The maximum absolute atomic E-state index is 11.5. The van der Waals surface area contributed by atoms with Crippen LogP contribution in [0.5, 0.6) is 0 Å². The van der Waals surface area contributed by atoms with Gasteiger partial charge >= 0.3 is 0 Å². The Labute approximate surface area is 101 Å². The lowest BCUT2D eigenvalue weighted by Crippen LogP contribution is -2.48. The van der Waals surface area contributed by atoms with Crippen LogP contribution in [0.3, 0.4) is 0 Å². The largest absolute Gasteiger partial charge is 0.396 e. The number of aliphatic hydroxyl groups is 1. The van der Waals surface area contributed by atoms with E-state index in [1.165, 1.54) is 11.1 Å². The second kappa shape index (κ2) is 5.29. The molecule has 4 nitrogen and oxygen atoms in total. The Kier molecular flexibility index (Phi) is 3.76. The Morgan fingerprint density at radius 2 is 2.12 bits per heavy atom. The molecule has 0 fully saturated rings. The molecule has 1 heterocycles. The first-order chi connectivity index (χ1) is 8.22. The summed E-state index contributed by atoms with van der Waals surface area (Å²) in [6.45, 7) is 1.59. The lowest BCUT2D eigenvalue weighted by Gasteiger charge is -2.34. The monoisotopic (exact) mass is 234 g/mol. The molecule has 0 aliphatic carbocycles. The predicted octanol–water partition coefficient (Wildman–Crippen LogP) is 0.281. The maximum Gasteiger partial charge on any atom is 0.235 e. The van der Waals surface area contributed by atoms with Crippen molar-refractivity contribution < 1.29 is 9.90 Å². The summed E-state index contributed by atoms with van der Waals surface area (Å²) in [4.78, 5) is 13.5. The minimum Gasteiger partial charge on any atom is -0.396 e. The van der Waals surface area contributed by atoms with E-state index >= 15 is 0 Å². The Balaban J connectivity index is 2.18. The number of benzene rings is 1. The van der Waals surface area contributed by atoms with Gasteiger partial charge in [-0.2, -0.15) is 0 Å². The Morgan fingerprint density at radius 3 is 2.76 bits per heavy atom. The van der Waals surface area contributed by atoms with E-state index in [9.17, 15) is 4.79 Å². The molecule has 0 aromatic heterocycles. The number of carbonyl (C=O) groups is 1. The molecule has 92 valence electrons. The summed E-state index contributed by atoms with van der Waals surface area (Å²) in [5.41, 5.74) is 7.90. The third-order valence-electron chi connectivity index (χ3n) is 3.28. The van der Waals surface area contributed by atoms with Crippen molar-refractivity contribution in [2.45, 2.75) is 25.4 Å². The van der Waals surface area contributed by atoms with Crippen LogP contribution in [0.4, 0.5) is 0 Å². The van der Waals surface area contributed by atoms with Crippen LogP contribution < -0.4 is 5.73 Å². The highest BCUT2D eigenvalue weighted by molar-refractivity contribution is 5.80. The van der Waals surface area contributed by atoms with Crippen molar-refractivity contribution in [3.8, 4) is 0 Å². The summed E-state index contributed by atoms with van der Waals surface area (Å²) in [5, 5.41) is 8.87. The van der Waals surface area contributed by atoms with Crippen LogP contribution in [0, 0.1) is 0 Å². The first kappa shape index (κ1) is 12.1. The zero-order valence-electron chi connectivity index (χ0n) is 9.80. The molecule has 0 radical (unpaired) electrons. The highest BCUT2D eigenvalue weighted by Gasteiger charge is 2.29. The molecule has 17 heavy (non-hydrogen) atoms. The van der Waals surface area contributed by atoms with E-state index in [-0.39, 0.29) is 18.6 Å². The number of hydrogen-bond acceptors (Lipinski definition) is 3. The second-order valence-electron chi connectivity index (χ2n) is 4.44. The Hall–Kier alpha value is -1.39. The standard InChI is InChI=1S/C13H18N2O2/c14-13(17)12-8-10-4-1-2-5-11(10)9-15(12)6-3-7-16/h1-2,4-5,12,16H,3,6-9H2,(H2,14,17)/t12-/m0/s1. The molecule has 0 saturated heterocycles. The van der Waals surface area contributed by atoms with E-state index in [2.05, 4.69) is 17.0 Å². The first-order valence-electron chi connectivity index (χ1n) is 5.93. The van der Waals surface area contributed by atoms with Crippen LogP contribution in [0.2, 0.25) is 0 Å². The van der Waals surface area contributed by atoms with Crippen molar-refractivity contribution in [3.63, 3.8) is 0 Å². The number of rotatable bonds is 4. The van der Waals surface area contributed by atoms with Crippen LogP contribution in [0.15, 0.2) is 24.3 Å². The molecule has 1 amide bonds. The average Bonchev–Trinajstić information content (AvgIpc) is 2.35. The van der Waals surface area contributed by atoms with Crippen molar-refractivity contribution in [3.05, 3.63) is 35.4 Å². The van der Waals surface area contributed by atoms with Gasteiger partial charge in [0.2, 0.25) is 5.91 Å². The lowest BCUT2D eigenvalue weighted by atomic mass is 9.93. The molecule has 1 aromatic rings. The topological polar surface area (TPSA) is 66.6 Å². The fraction of sp³-hybridized carbons (Fsp3) is 0.462. The van der Waals surface area contributed by atoms with Gasteiger partial charge in [-0.15, -0.1) is 0 Å². The zero-order chi connectivity index (χ0) is 12.3. The van der Waals surface area contributed by atoms with E-state index in [0.29, 0.717) is 19.4 Å². The average molecular weight is 234 g/mol. The van der Waals surface area contributed by atoms with Crippen molar-refractivity contribution in [2.24, 2.45) is 5.73 Å². The molecular weight excluding hydrogens is 216 g/mol. The van der Waals surface area contributed by atoms with Crippen molar-refractivity contribution in [1.82, 2.24) is 4.90 Å². The van der Waals surface area contributed by atoms with Gasteiger partial charge in [-0.25, -0.2) is 0 Å². The fourth-order valence-corrected chi connectivity index (χ4v) is 2.37. The summed E-state index contributed by atoms with van der Waals surface area (Å²) >= 11 is 0. The number of nitrogens with zero attached hydrogens (tertiary/aromatic N) is 1. The van der Waals surface area contributed by atoms with Gasteiger partial charge in [0.25, 0.3) is 0 Å². The fourth-order valence-electron chi connectivity index (χ4n) is 2.37. The maximum atomic E-state index is 11.5. The van der Waals surface area contributed by atoms with E-state index in [1.807, 2.05) is 12.1 Å². The summed E-state index contributed by atoms with van der Waals surface area (Å²) in [6.07, 6.45) is 1.35. The second-order valence-corrected chi connectivity index (χ2v) is 4.44. The zero-order valence-corrected chi connectivity index (χ0v) is 9.80. The number of fused-ring (bicyclic) bond motifs is 1. The summed E-state index contributed by atoms with van der Waals surface area (Å²) in [5.74, 6) is -0.280. The number of carbonyl (C=O) groups excluding carboxylic acids is 1. The lowest BCUT2D eigenvalue weighted by molar-refractivity contribution is -0.123. The van der Waals surface area contributed by atoms with Gasteiger partial charge < -0.3 is 10.8 Å². The number of aliphatic hydroxyl groups excluding tert-OH is 1. The number of amides is 1. The summed E-state index contributed by atoms with van der Waals surface area (Å²) in [7, 11) is 0. The molecule has 1 atom stereocenters. The molecule has 1 aliphatic rings. The van der Waals surface area contributed by atoms with Gasteiger partial charge in [0, 0.05) is 19.7 Å². The normalized spacial score (nSPS) is 19.9. The Bertz CT molecular complexity index is 406. The third-order valence-corrected chi connectivity index (χ3v) is 3.28. The van der Waals surface area contributed by atoms with Gasteiger partial charge in [-0.1, -0.05) is 24.3 Å². The van der Waals surface area contributed by atoms with Crippen LogP contribution in [0.1, 0.15) is 17.5 Å². The predicted molar refractivity (Wildman–Crippen MR) is 65.2 cm³/mol. The van der Waals surface area contributed by atoms with E-state index in [0.717, 1.165) is 6.54 Å². The summed E-state index contributed by atoms with van der Waals surface area (Å²) in [6, 6.07) is 7.89. The quantitative estimate of drug-likeness (QED) is 0.786. The molecule has 0 unspecified atom stereocenters. The minimum absolute atomic E-state index is 0.142. The van der Waals surface area contributed by atoms with E-state index in [4.69, 9.17) is 10.8 Å². The molecule has 1 aromatic carbocycles. The van der Waals surface area contributed by atoms with Gasteiger partial charge in [0.05, 0.1) is 6.04 Å². The number of hydrogen-bond donors (Lipinski definition) is 2. The first-order valence-corrected chi connectivity index (χ1v) is 5.93. The molecule has 0 bridgehead atoms. The van der Waals surface area contributed by atoms with Crippen LogP contribution >= 0.6 is 0 Å². The van der Waals surface area contributed by atoms with Gasteiger partial charge in [-0.05, 0) is 24.0 Å². The molecule has 3 N–H and O–H groups in total. The van der Waals surface area contributed by atoms with Crippen molar-refractivity contribution >= 4 is 5.91 Å². The molecule has 0 saturated carbocycles. The molecule has 4 heteroatoms. The number of primary amides is 1. The summed E-state index contributed by atoms with van der Waals surface area (Å²) < 4.78 is 0. The minimum atomic E-state index is -0.280. The molecule has 1 aliphatic heterocycles. The third kappa shape index (κ3) is 2.65. The smallest absolute Gasteiger partial charge is 0.235 e. The van der Waals surface area contributed by atoms with Gasteiger partial charge in [0.1, 0.15) is 0 Å². The van der Waals surface area contributed by atoms with Crippen LogP contribution in [0.25, 0.3) is 0 Å².